The van der Waals surface area contributed by atoms with Gasteiger partial charge in [0.05, 0.1) is 7.11 Å². The maximum atomic E-state index is 10.2. The Labute approximate surface area is 81.1 Å². The molecule has 1 N–H and O–H groups in total. The fraction of sp³-hybridized carbons (Fsp3) is 0.125. The molecule has 0 atom stereocenters. The van der Waals surface area contributed by atoms with E-state index in [2.05, 4.69) is 0 Å². The molecule has 1 aromatic rings. The predicted molar refractivity (Wildman–Crippen MR) is 40.0 cm³/mol. The Morgan fingerprint density at radius 3 is 2.67 bits per heavy atom. The zero-order chi connectivity index (χ0) is 8.27. The van der Waals surface area contributed by atoms with Gasteiger partial charge in [0.2, 0.25) is 0 Å². The van der Waals surface area contributed by atoms with Gasteiger partial charge in [-0.2, -0.15) is 0 Å². The summed E-state index contributed by atoms with van der Waals surface area (Å²) in [5, 5.41) is 9.09. The Morgan fingerprint density at radius 2 is 2.17 bits per heavy atom. The molecule has 0 aliphatic carbocycles. The summed E-state index contributed by atoms with van der Waals surface area (Å²) in [6.07, 6.45) is 0.696. The number of aldehydes is 1. The largest absolute Gasteiger partial charge is 0.504 e. The molecule has 0 unspecified atom stereocenters. The first-order chi connectivity index (χ1) is 5.27. The second-order valence-corrected chi connectivity index (χ2v) is 2.05. The number of hydrogen-bond donors (Lipinski definition) is 1. The molecule has 0 aliphatic rings. The number of hydrogen-bond acceptors (Lipinski definition) is 3. The minimum absolute atomic E-state index is 0. The number of rotatable bonds is 2. The van der Waals surface area contributed by atoms with Crippen LogP contribution in [0.25, 0.3) is 0 Å². The minimum atomic E-state index is 0. The van der Waals surface area contributed by atoms with Crippen molar-refractivity contribution < 1.29 is 32.0 Å². The van der Waals surface area contributed by atoms with Crippen LogP contribution in [0.4, 0.5) is 0 Å². The van der Waals surface area contributed by atoms with Gasteiger partial charge in [-0.25, -0.2) is 0 Å². The van der Waals surface area contributed by atoms with Crippen LogP contribution in [0, 0.1) is 0 Å². The number of methoxy groups -OCH3 is 1. The first-order valence-corrected chi connectivity index (χ1v) is 3.10. The van der Waals surface area contributed by atoms with Crippen LogP contribution < -0.4 is 4.74 Å². The van der Waals surface area contributed by atoms with Gasteiger partial charge in [0.15, 0.2) is 11.5 Å². The maximum Gasteiger partial charge on any atom is 0.161 e. The minimum Gasteiger partial charge on any atom is -0.504 e. The molecular weight excluding hydrogens is 196 g/mol. The molecule has 0 radical (unpaired) electrons. The van der Waals surface area contributed by atoms with Gasteiger partial charge < -0.3 is 9.84 Å². The summed E-state index contributed by atoms with van der Waals surface area (Å²) < 4.78 is 4.78. The van der Waals surface area contributed by atoms with Crippen molar-refractivity contribution in [3.63, 3.8) is 0 Å². The van der Waals surface area contributed by atoms with E-state index in [1.54, 1.807) is 0 Å². The zero-order valence-corrected chi connectivity index (χ0v) is 7.76. The molecule has 0 fully saturated rings. The molecule has 0 spiro atoms. The van der Waals surface area contributed by atoms with Crippen LogP contribution in [0.1, 0.15) is 10.4 Å². The number of phenols is 1. The zero-order valence-electron chi connectivity index (χ0n) is 6.48. The van der Waals surface area contributed by atoms with Crippen molar-refractivity contribution in [1.29, 1.82) is 0 Å². The van der Waals surface area contributed by atoms with Gasteiger partial charge in [-0.05, 0) is 18.2 Å². The molecule has 64 valence electrons. The molecule has 4 heteroatoms. The number of ether oxygens (including phenoxy) is 1. The van der Waals surface area contributed by atoms with Crippen molar-refractivity contribution in [2.45, 2.75) is 0 Å². The van der Waals surface area contributed by atoms with Crippen molar-refractivity contribution in [2.24, 2.45) is 0 Å². The van der Waals surface area contributed by atoms with Gasteiger partial charge in [-0.3, -0.25) is 4.79 Å². The summed E-state index contributed by atoms with van der Waals surface area (Å²) >= 11 is 0. The molecule has 0 aliphatic heterocycles. The molecule has 0 saturated heterocycles. The Bertz CT molecular complexity index is 273. The smallest absolute Gasteiger partial charge is 0.161 e. The third-order valence-corrected chi connectivity index (χ3v) is 1.34. The molecule has 1 aromatic carbocycles. The van der Waals surface area contributed by atoms with Crippen LogP contribution in [-0.2, 0) is 17.4 Å². The summed E-state index contributed by atoms with van der Waals surface area (Å²) in [6.45, 7) is 0. The predicted octanol–water partition coefficient (Wildman–Crippen LogP) is 1.21. The maximum absolute atomic E-state index is 10.2. The van der Waals surface area contributed by atoms with Gasteiger partial charge in [-0.1, -0.05) is 0 Å². The van der Waals surface area contributed by atoms with Gasteiger partial charge in [0.1, 0.15) is 6.29 Å². The summed E-state index contributed by atoms with van der Waals surface area (Å²) in [5.74, 6) is 0.354. The second-order valence-electron chi connectivity index (χ2n) is 2.05. The summed E-state index contributed by atoms with van der Waals surface area (Å²) in [6, 6.07) is 4.41. The van der Waals surface area contributed by atoms with E-state index in [4.69, 9.17) is 9.84 Å². The molecule has 0 amide bonds. The summed E-state index contributed by atoms with van der Waals surface area (Å²) in [4.78, 5) is 10.2. The van der Waals surface area contributed by atoms with Crippen LogP contribution in [0.2, 0.25) is 0 Å². The molecule has 1 rings (SSSR count). The van der Waals surface area contributed by atoms with E-state index in [1.807, 2.05) is 0 Å². The van der Waals surface area contributed by atoms with Crippen molar-refractivity contribution >= 4 is 6.29 Å². The van der Waals surface area contributed by atoms with Crippen LogP contribution in [0.5, 0.6) is 11.5 Å². The number of carbonyl (C=O) groups excluding carboxylic acids is 1. The van der Waals surface area contributed by atoms with E-state index in [0.29, 0.717) is 17.6 Å². The van der Waals surface area contributed by atoms with Crippen molar-refractivity contribution in [3.05, 3.63) is 23.8 Å². The standard InChI is InChI=1S/C8H8O3.Cr/c1-11-8-4-6(5-9)2-3-7(8)10;/h2-5,10H,1H3;. The molecular formula is C8H8CrO3. The number of phenolic OH excluding ortho intramolecular Hbond substituents is 1. The van der Waals surface area contributed by atoms with Gasteiger partial charge >= 0.3 is 0 Å². The van der Waals surface area contributed by atoms with Crippen LogP contribution in [0.15, 0.2) is 18.2 Å². The van der Waals surface area contributed by atoms with Crippen molar-refractivity contribution in [2.75, 3.05) is 7.11 Å². The quantitative estimate of drug-likeness (QED) is 0.736. The Morgan fingerprint density at radius 1 is 1.50 bits per heavy atom. The van der Waals surface area contributed by atoms with E-state index in [-0.39, 0.29) is 23.1 Å². The molecule has 3 nitrogen and oxygen atoms in total. The third kappa shape index (κ3) is 2.26. The van der Waals surface area contributed by atoms with Crippen LogP contribution in [-0.4, -0.2) is 18.5 Å². The fourth-order valence-corrected chi connectivity index (χ4v) is 0.768. The SMILES string of the molecule is COc1cc(C=O)ccc1O.[Cr]. The number of aromatic hydroxyl groups is 1. The van der Waals surface area contributed by atoms with Gasteiger partial charge in [0.25, 0.3) is 0 Å². The van der Waals surface area contributed by atoms with E-state index in [9.17, 15) is 4.79 Å². The molecule has 0 aromatic heterocycles. The monoisotopic (exact) mass is 204 g/mol. The van der Waals surface area contributed by atoms with E-state index in [1.165, 1.54) is 25.3 Å². The van der Waals surface area contributed by atoms with Crippen LogP contribution in [0.3, 0.4) is 0 Å². The van der Waals surface area contributed by atoms with E-state index >= 15 is 0 Å². The Kier molecular flexibility index (Phi) is 4.42. The summed E-state index contributed by atoms with van der Waals surface area (Å²) in [5.41, 5.74) is 0.486. The summed E-state index contributed by atoms with van der Waals surface area (Å²) in [7, 11) is 1.43. The fourth-order valence-electron chi connectivity index (χ4n) is 0.768. The van der Waals surface area contributed by atoms with Crippen molar-refractivity contribution in [1.82, 2.24) is 0 Å². The Balaban J connectivity index is 0.00000121. The second kappa shape index (κ2) is 4.81. The normalized spacial score (nSPS) is 8.42. The van der Waals surface area contributed by atoms with E-state index in [0.717, 1.165) is 0 Å². The molecule has 0 heterocycles. The van der Waals surface area contributed by atoms with Gasteiger partial charge in [0, 0.05) is 22.9 Å². The van der Waals surface area contributed by atoms with Gasteiger partial charge in [-0.15, -0.1) is 0 Å². The Hall–Kier alpha value is -0.978. The third-order valence-electron chi connectivity index (χ3n) is 1.34. The first kappa shape index (κ1) is 11.0. The average Bonchev–Trinajstić information content (AvgIpc) is 2.05. The van der Waals surface area contributed by atoms with Crippen LogP contribution >= 0.6 is 0 Å². The molecule has 12 heavy (non-hydrogen) atoms. The first-order valence-electron chi connectivity index (χ1n) is 3.10. The number of benzene rings is 1. The van der Waals surface area contributed by atoms with E-state index < -0.39 is 0 Å². The molecule has 0 saturated carbocycles. The molecule has 0 bridgehead atoms. The topological polar surface area (TPSA) is 46.5 Å². The average molecular weight is 204 g/mol. The van der Waals surface area contributed by atoms with Crippen molar-refractivity contribution in [3.8, 4) is 11.5 Å². The number of carbonyl (C=O) groups is 1.